The lowest BCUT2D eigenvalue weighted by Gasteiger charge is -2.02. The SMILES string of the molecule is Nc1ccc2nc(CSCc3ccccc3Cl)[nH]c2c1. The highest BCUT2D eigenvalue weighted by atomic mass is 35.5. The number of nitrogens with one attached hydrogen (secondary N) is 1. The van der Waals surface area contributed by atoms with E-state index in [1.807, 2.05) is 36.4 Å². The van der Waals surface area contributed by atoms with Crippen LogP contribution in [0.15, 0.2) is 42.5 Å². The maximum Gasteiger partial charge on any atom is 0.117 e. The van der Waals surface area contributed by atoms with Gasteiger partial charge in [-0.3, -0.25) is 0 Å². The van der Waals surface area contributed by atoms with Crippen molar-refractivity contribution >= 4 is 40.1 Å². The third-order valence-electron chi connectivity index (χ3n) is 3.01. The lowest BCUT2D eigenvalue weighted by Crippen LogP contribution is -1.86. The Bertz CT molecular complexity index is 739. The van der Waals surface area contributed by atoms with Crippen LogP contribution in [-0.4, -0.2) is 9.97 Å². The number of hydrogen-bond acceptors (Lipinski definition) is 3. The summed E-state index contributed by atoms with van der Waals surface area (Å²) in [6.45, 7) is 0. The molecule has 0 bridgehead atoms. The van der Waals surface area contributed by atoms with Crippen molar-refractivity contribution in [3.63, 3.8) is 0 Å². The molecule has 3 aromatic rings. The number of halogens is 1. The number of aromatic amines is 1. The molecule has 0 aliphatic carbocycles. The van der Waals surface area contributed by atoms with E-state index in [1.54, 1.807) is 11.8 Å². The van der Waals surface area contributed by atoms with Crippen molar-refractivity contribution in [2.75, 3.05) is 5.73 Å². The minimum atomic E-state index is 0.747. The molecule has 0 saturated carbocycles. The van der Waals surface area contributed by atoms with Gasteiger partial charge in [-0.15, -0.1) is 11.8 Å². The van der Waals surface area contributed by atoms with Crippen LogP contribution < -0.4 is 5.73 Å². The van der Waals surface area contributed by atoms with Crippen molar-refractivity contribution in [2.24, 2.45) is 0 Å². The van der Waals surface area contributed by atoms with E-state index in [9.17, 15) is 0 Å². The fourth-order valence-corrected chi connectivity index (χ4v) is 3.21. The zero-order valence-electron chi connectivity index (χ0n) is 10.8. The van der Waals surface area contributed by atoms with E-state index in [0.717, 1.165) is 44.6 Å². The van der Waals surface area contributed by atoms with E-state index in [4.69, 9.17) is 17.3 Å². The lowest BCUT2D eigenvalue weighted by atomic mass is 10.2. The maximum absolute atomic E-state index is 6.14. The van der Waals surface area contributed by atoms with Crippen molar-refractivity contribution in [1.82, 2.24) is 9.97 Å². The number of H-pyrrole nitrogens is 1. The fraction of sp³-hybridized carbons (Fsp3) is 0.133. The summed E-state index contributed by atoms with van der Waals surface area (Å²) < 4.78 is 0. The van der Waals surface area contributed by atoms with E-state index < -0.39 is 0 Å². The van der Waals surface area contributed by atoms with Crippen LogP contribution >= 0.6 is 23.4 Å². The van der Waals surface area contributed by atoms with Crippen molar-refractivity contribution in [2.45, 2.75) is 11.5 Å². The molecule has 0 spiro atoms. The number of benzene rings is 2. The van der Waals surface area contributed by atoms with E-state index >= 15 is 0 Å². The molecule has 2 aromatic carbocycles. The van der Waals surface area contributed by atoms with Crippen LogP contribution in [0.4, 0.5) is 5.69 Å². The molecule has 3 nitrogen and oxygen atoms in total. The van der Waals surface area contributed by atoms with Gasteiger partial charge >= 0.3 is 0 Å². The number of nitrogen functional groups attached to an aromatic ring is 1. The highest BCUT2D eigenvalue weighted by molar-refractivity contribution is 7.97. The number of nitrogens with two attached hydrogens (primary N) is 1. The molecule has 0 atom stereocenters. The maximum atomic E-state index is 6.14. The number of thioether (sulfide) groups is 1. The van der Waals surface area contributed by atoms with Crippen LogP contribution in [0.2, 0.25) is 5.02 Å². The molecule has 3 N–H and O–H groups in total. The molecule has 0 radical (unpaired) electrons. The second-order valence-electron chi connectivity index (χ2n) is 4.54. The van der Waals surface area contributed by atoms with Gasteiger partial charge in [0.2, 0.25) is 0 Å². The Balaban J connectivity index is 1.67. The first kappa shape index (κ1) is 13.3. The van der Waals surface area contributed by atoms with Crippen LogP contribution in [0.5, 0.6) is 0 Å². The summed E-state index contributed by atoms with van der Waals surface area (Å²) in [6, 6.07) is 13.6. The lowest BCUT2D eigenvalue weighted by molar-refractivity contribution is 1.14. The summed E-state index contributed by atoms with van der Waals surface area (Å²) >= 11 is 7.92. The molecule has 1 heterocycles. The molecule has 1 aromatic heterocycles. The van der Waals surface area contributed by atoms with Gasteiger partial charge in [0.1, 0.15) is 5.82 Å². The molecular formula is C15H14ClN3S. The minimum absolute atomic E-state index is 0.747. The van der Waals surface area contributed by atoms with Crippen LogP contribution in [0.1, 0.15) is 11.4 Å². The summed E-state index contributed by atoms with van der Waals surface area (Å²) in [5, 5.41) is 0.817. The van der Waals surface area contributed by atoms with E-state index in [-0.39, 0.29) is 0 Å². The van der Waals surface area contributed by atoms with Gasteiger partial charge in [-0.05, 0) is 29.8 Å². The van der Waals surface area contributed by atoms with Crippen molar-refractivity contribution in [3.05, 3.63) is 58.9 Å². The number of rotatable bonds is 4. The molecule has 20 heavy (non-hydrogen) atoms. The van der Waals surface area contributed by atoms with Crippen molar-refractivity contribution < 1.29 is 0 Å². The molecule has 3 rings (SSSR count). The van der Waals surface area contributed by atoms with E-state index in [0.29, 0.717) is 0 Å². The first-order valence-electron chi connectivity index (χ1n) is 6.27. The molecule has 0 aliphatic heterocycles. The average Bonchev–Trinajstić information content (AvgIpc) is 2.83. The first-order chi connectivity index (χ1) is 9.72. The van der Waals surface area contributed by atoms with Gasteiger partial charge in [0.25, 0.3) is 0 Å². The third-order valence-corrected chi connectivity index (χ3v) is 4.37. The van der Waals surface area contributed by atoms with Gasteiger partial charge in [0.15, 0.2) is 0 Å². The zero-order chi connectivity index (χ0) is 13.9. The van der Waals surface area contributed by atoms with Gasteiger partial charge < -0.3 is 10.7 Å². The van der Waals surface area contributed by atoms with E-state index in [1.165, 1.54) is 0 Å². The van der Waals surface area contributed by atoms with E-state index in [2.05, 4.69) is 16.0 Å². The molecule has 0 fully saturated rings. The summed E-state index contributed by atoms with van der Waals surface area (Å²) in [6.07, 6.45) is 0. The zero-order valence-corrected chi connectivity index (χ0v) is 12.3. The highest BCUT2D eigenvalue weighted by Crippen LogP contribution is 2.23. The standard InChI is InChI=1S/C15H14ClN3S/c16-12-4-2-1-3-10(12)8-20-9-15-18-13-6-5-11(17)7-14(13)19-15/h1-7H,8-9,17H2,(H,18,19). The van der Waals surface area contributed by atoms with Crippen LogP contribution in [0, 0.1) is 0 Å². The number of fused-ring (bicyclic) bond motifs is 1. The van der Waals surface area contributed by atoms with Crippen molar-refractivity contribution in [1.29, 1.82) is 0 Å². The van der Waals surface area contributed by atoms with Gasteiger partial charge in [0.05, 0.1) is 16.8 Å². The highest BCUT2D eigenvalue weighted by Gasteiger charge is 2.04. The smallest absolute Gasteiger partial charge is 0.117 e. The number of nitrogens with zero attached hydrogens (tertiary/aromatic N) is 1. The second kappa shape index (κ2) is 5.77. The Hall–Kier alpha value is -1.65. The normalized spacial score (nSPS) is 11.1. The summed E-state index contributed by atoms with van der Waals surface area (Å²) in [7, 11) is 0. The molecule has 102 valence electrons. The molecule has 0 unspecified atom stereocenters. The minimum Gasteiger partial charge on any atom is -0.399 e. The number of anilines is 1. The van der Waals surface area contributed by atoms with Crippen molar-refractivity contribution in [3.8, 4) is 0 Å². The monoisotopic (exact) mass is 303 g/mol. The van der Waals surface area contributed by atoms with Gasteiger partial charge in [-0.25, -0.2) is 4.98 Å². The topological polar surface area (TPSA) is 54.7 Å². The Labute approximate surface area is 126 Å². The molecule has 0 saturated heterocycles. The summed E-state index contributed by atoms with van der Waals surface area (Å²) in [5.74, 6) is 2.65. The molecule has 0 amide bonds. The van der Waals surface area contributed by atoms with Gasteiger partial charge in [0, 0.05) is 16.5 Å². The Morgan fingerprint density at radius 2 is 2.00 bits per heavy atom. The predicted octanol–water partition coefficient (Wildman–Crippen LogP) is 4.23. The Morgan fingerprint density at radius 3 is 2.85 bits per heavy atom. The quantitative estimate of drug-likeness (QED) is 0.709. The van der Waals surface area contributed by atoms with Gasteiger partial charge in [-0.2, -0.15) is 0 Å². The number of imidazole rings is 1. The largest absolute Gasteiger partial charge is 0.399 e. The van der Waals surface area contributed by atoms with Gasteiger partial charge in [-0.1, -0.05) is 29.8 Å². The summed E-state index contributed by atoms with van der Waals surface area (Å²) in [4.78, 5) is 7.83. The number of hydrogen-bond donors (Lipinski definition) is 2. The average molecular weight is 304 g/mol. The van der Waals surface area contributed by atoms with Crippen LogP contribution in [0.3, 0.4) is 0 Å². The number of aromatic nitrogens is 2. The second-order valence-corrected chi connectivity index (χ2v) is 5.94. The predicted molar refractivity (Wildman–Crippen MR) is 87.0 cm³/mol. The fourth-order valence-electron chi connectivity index (χ4n) is 2.02. The molecule has 5 heteroatoms. The third kappa shape index (κ3) is 2.92. The molecule has 0 aliphatic rings. The van der Waals surface area contributed by atoms with Crippen LogP contribution in [0.25, 0.3) is 11.0 Å². The Morgan fingerprint density at radius 1 is 1.15 bits per heavy atom. The summed E-state index contributed by atoms with van der Waals surface area (Å²) in [5.41, 5.74) is 9.59. The van der Waals surface area contributed by atoms with Crippen LogP contribution in [-0.2, 0) is 11.5 Å². The first-order valence-corrected chi connectivity index (χ1v) is 7.81. The Kier molecular flexibility index (Phi) is 3.85. The molecular weight excluding hydrogens is 290 g/mol.